The van der Waals surface area contributed by atoms with Gasteiger partial charge in [-0.3, -0.25) is 19.5 Å². The third-order valence-electron chi connectivity index (χ3n) is 4.88. The maximum atomic E-state index is 12.7. The lowest BCUT2D eigenvalue weighted by molar-refractivity contribution is 0.0637. The zero-order valence-corrected chi connectivity index (χ0v) is 15.6. The summed E-state index contributed by atoms with van der Waals surface area (Å²) in [6.07, 6.45) is 1.21. The molecule has 8 heteroatoms. The van der Waals surface area contributed by atoms with Crippen LogP contribution in [-0.4, -0.2) is 47.0 Å². The molecule has 8 nitrogen and oxygen atoms in total. The van der Waals surface area contributed by atoms with Crippen LogP contribution in [0, 0.1) is 0 Å². The lowest BCUT2D eigenvalue weighted by Crippen LogP contribution is -2.29. The van der Waals surface area contributed by atoms with Gasteiger partial charge in [0.1, 0.15) is 11.5 Å². The molecule has 2 amide bonds. The Bertz CT molecular complexity index is 1150. The van der Waals surface area contributed by atoms with Crippen LogP contribution in [0.1, 0.15) is 36.8 Å². The van der Waals surface area contributed by atoms with Gasteiger partial charge in [0, 0.05) is 23.0 Å². The molecule has 0 unspecified atom stereocenters. The third-order valence-corrected chi connectivity index (χ3v) is 4.88. The first-order chi connectivity index (χ1) is 14.0. The minimum atomic E-state index is -1.16. The largest absolute Gasteiger partial charge is 0.497 e. The molecule has 1 aliphatic heterocycles. The maximum Gasteiger partial charge on any atom is 0.337 e. The fourth-order valence-corrected chi connectivity index (χ4v) is 3.48. The fraction of sp³-hybridized carbons (Fsp3) is 0.143. The molecule has 1 N–H and O–H groups in total. The molecule has 0 fully saturated rings. The van der Waals surface area contributed by atoms with E-state index < -0.39 is 17.8 Å². The number of carbonyl (C=O) groups is 3. The standard InChI is InChI=1S/C21H16N2O6/c1-28-11-7-14-15(21(26)27)9-22-16(18(14)17(8-11)29-2)10-23-19(24)12-5-3-4-6-13(12)20(23)25/h3-9H,10H2,1-2H3,(H,26,27). The van der Waals surface area contributed by atoms with Crippen LogP contribution >= 0.6 is 0 Å². The molecule has 0 spiro atoms. The molecule has 4 rings (SSSR count). The molecule has 1 aliphatic rings. The van der Waals surface area contributed by atoms with Crippen LogP contribution in [0.3, 0.4) is 0 Å². The fourth-order valence-electron chi connectivity index (χ4n) is 3.48. The number of carboxylic acids is 1. The van der Waals surface area contributed by atoms with E-state index in [0.717, 1.165) is 4.90 Å². The average molecular weight is 392 g/mol. The first kappa shape index (κ1) is 18.4. The molecule has 0 radical (unpaired) electrons. The highest BCUT2D eigenvalue weighted by Gasteiger charge is 2.36. The second kappa shape index (κ2) is 6.90. The summed E-state index contributed by atoms with van der Waals surface area (Å²) in [5, 5.41) is 10.3. The van der Waals surface area contributed by atoms with Gasteiger partial charge in [0.2, 0.25) is 0 Å². The zero-order chi connectivity index (χ0) is 20.7. The molecular weight excluding hydrogens is 376 g/mol. The predicted octanol–water partition coefficient (Wildman–Crippen LogP) is 2.75. The molecule has 0 saturated carbocycles. The van der Waals surface area contributed by atoms with Crippen LogP contribution in [0.15, 0.2) is 42.6 Å². The summed E-state index contributed by atoms with van der Waals surface area (Å²) in [5.41, 5.74) is 0.970. The number of rotatable bonds is 5. The number of ether oxygens (including phenoxy) is 2. The van der Waals surface area contributed by atoms with Crippen LogP contribution in [0.2, 0.25) is 0 Å². The highest BCUT2D eigenvalue weighted by atomic mass is 16.5. The second-order valence-electron chi connectivity index (χ2n) is 6.42. The number of benzene rings is 2. The van der Waals surface area contributed by atoms with Gasteiger partial charge in [0.25, 0.3) is 11.8 Å². The van der Waals surface area contributed by atoms with Gasteiger partial charge in [-0.2, -0.15) is 0 Å². The lowest BCUT2D eigenvalue weighted by atomic mass is 10.0. The SMILES string of the molecule is COc1cc(OC)c2c(CN3C(=O)c4ccccc4C3=O)ncc(C(=O)O)c2c1. The predicted molar refractivity (Wildman–Crippen MR) is 102 cm³/mol. The Morgan fingerprint density at radius 2 is 1.72 bits per heavy atom. The number of methoxy groups -OCH3 is 2. The molecule has 2 heterocycles. The molecule has 0 bridgehead atoms. The van der Waals surface area contributed by atoms with Crippen molar-refractivity contribution in [2.24, 2.45) is 0 Å². The number of carboxylic acid groups (broad SMARTS) is 1. The van der Waals surface area contributed by atoms with E-state index in [2.05, 4.69) is 4.98 Å². The molecule has 3 aromatic rings. The topological polar surface area (TPSA) is 106 Å². The zero-order valence-electron chi connectivity index (χ0n) is 15.6. The molecule has 146 valence electrons. The van der Waals surface area contributed by atoms with Crippen molar-refractivity contribution < 1.29 is 29.0 Å². The summed E-state index contributed by atoms with van der Waals surface area (Å²) in [4.78, 5) is 42.4. The summed E-state index contributed by atoms with van der Waals surface area (Å²) >= 11 is 0. The molecule has 1 aromatic heterocycles. The summed E-state index contributed by atoms with van der Waals surface area (Å²) in [6, 6.07) is 9.74. The van der Waals surface area contributed by atoms with E-state index in [1.165, 1.54) is 20.4 Å². The van der Waals surface area contributed by atoms with Gasteiger partial charge in [-0.1, -0.05) is 12.1 Å². The van der Waals surface area contributed by atoms with E-state index in [1.54, 1.807) is 36.4 Å². The van der Waals surface area contributed by atoms with Crippen molar-refractivity contribution in [3.8, 4) is 11.5 Å². The van der Waals surface area contributed by atoms with Crippen LogP contribution in [-0.2, 0) is 6.54 Å². The van der Waals surface area contributed by atoms with Gasteiger partial charge in [-0.15, -0.1) is 0 Å². The quantitative estimate of drug-likeness (QED) is 0.666. The summed E-state index contributed by atoms with van der Waals surface area (Å²) in [5.74, 6) is -1.26. The van der Waals surface area contributed by atoms with Crippen LogP contribution in [0.4, 0.5) is 0 Å². The number of imide groups is 1. The van der Waals surface area contributed by atoms with Gasteiger partial charge in [-0.05, 0) is 18.2 Å². The monoisotopic (exact) mass is 392 g/mol. The normalized spacial score (nSPS) is 13.0. The lowest BCUT2D eigenvalue weighted by Gasteiger charge is -2.17. The number of aromatic carboxylic acids is 1. The second-order valence-corrected chi connectivity index (χ2v) is 6.42. The van der Waals surface area contributed by atoms with Crippen molar-refractivity contribution >= 4 is 28.6 Å². The number of fused-ring (bicyclic) bond motifs is 2. The van der Waals surface area contributed by atoms with E-state index in [-0.39, 0.29) is 12.1 Å². The van der Waals surface area contributed by atoms with Gasteiger partial charge in [0.05, 0.1) is 43.1 Å². The summed E-state index contributed by atoms with van der Waals surface area (Å²) in [7, 11) is 2.90. The van der Waals surface area contributed by atoms with Crippen LogP contribution in [0.25, 0.3) is 10.8 Å². The average Bonchev–Trinajstić information content (AvgIpc) is 2.97. The Morgan fingerprint density at radius 3 is 2.28 bits per heavy atom. The number of carbonyl (C=O) groups excluding carboxylic acids is 2. The van der Waals surface area contributed by atoms with Crippen LogP contribution in [0.5, 0.6) is 11.5 Å². The molecular formula is C21H16N2O6. The molecule has 29 heavy (non-hydrogen) atoms. The highest BCUT2D eigenvalue weighted by molar-refractivity contribution is 6.21. The van der Waals surface area contributed by atoms with Crippen molar-refractivity contribution in [1.29, 1.82) is 0 Å². The molecule has 0 saturated heterocycles. The van der Waals surface area contributed by atoms with Gasteiger partial charge < -0.3 is 14.6 Å². The number of pyridine rings is 1. The minimum Gasteiger partial charge on any atom is -0.497 e. The van der Waals surface area contributed by atoms with E-state index in [4.69, 9.17) is 9.47 Å². The smallest absolute Gasteiger partial charge is 0.337 e. The Hall–Kier alpha value is -3.94. The molecule has 0 aliphatic carbocycles. The van der Waals surface area contributed by atoms with E-state index >= 15 is 0 Å². The molecule has 2 aromatic carbocycles. The first-order valence-corrected chi connectivity index (χ1v) is 8.68. The highest BCUT2D eigenvalue weighted by Crippen LogP contribution is 2.36. The van der Waals surface area contributed by atoms with E-state index in [1.807, 2.05) is 0 Å². The number of hydrogen-bond donors (Lipinski definition) is 1. The van der Waals surface area contributed by atoms with E-state index in [0.29, 0.717) is 39.1 Å². The van der Waals surface area contributed by atoms with Gasteiger partial charge >= 0.3 is 5.97 Å². The number of amides is 2. The van der Waals surface area contributed by atoms with Crippen molar-refractivity contribution in [1.82, 2.24) is 9.88 Å². The molecule has 0 atom stereocenters. The van der Waals surface area contributed by atoms with Crippen molar-refractivity contribution in [2.45, 2.75) is 6.54 Å². The van der Waals surface area contributed by atoms with Crippen molar-refractivity contribution in [3.63, 3.8) is 0 Å². The summed E-state index contributed by atoms with van der Waals surface area (Å²) in [6.45, 7) is -0.120. The first-order valence-electron chi connectivity index (χ1n) is 8.68. The Morgan fingerprint density at radius 1 is 1.07 bits per heavy atom. The Labute approximate surface area is 165 Å². The Kier molecular flexibility index (Phi) is 4.38. The number of nitrogens with zero attached hydrogens (tertiary/aromatic N) is 2. The van der Waals surface area contributed by atoms with E-state index in [9.17, 15) is 19.5 Å². The van der Waals surface area contributed by atoms with Crippen LogP contribution < -0.4 is 9.47 Å². The van der Waals surface area contributed by atoms with Crippen molar-refractivity contribution in [3.05, 3.63) is 65.0 Å². The van der Waals surface area contributed by atoms with Gasteiger partial charge in [0.15, 0.2) is 0 Å². The summed E-state index contributed by atoms with van der Waals surface area (Å²) < 4.78 is 10.7. The van der Waals surface area contributed by atoms with Crippen molar-refractivity contribution in [2.75, 3.05) is 14.2 Å². The maximum absolute atomic E-state index is 12.7. The third kappa shape index (κ3) is 2.85. The Balaban J connectivity index is 1.87. The minimum absolute atomic E-state index is 0.0386. The van der Waals surface area contributed by atoms with Gasteiger partial charge in [-0.25, -0.2) is 4.79 Å². The number of hydrogen-bond acceptors (Lipinski definition) is 6. The number of aromatic nitrogens is 1.